The van der Waals surface area contributed by atoms with Gasteiger partial charge in [0.15, 0.2) is 0 Å². The van der Waals surface area contributed by atoms with Crippen molar-refractivity contribution in [3.05, 3.63) is 57.6 Å². The Morgan fingerprint density at radius 1 is 0.625 bits per heavy atom. The van der Waals surface area contributed by atoms with Crippen LogP contribution in [0.1, 0.15) is 20.7 Å². The van der Waals surface area contributed by atoms with Gasteiger partial charge >= 0.3 is 0 Å². The highest BCUT2D eigenvalue weighted by Gasteiger charge is 2.29. The molecule has 0 bridgehead atoms. The van der Waals surface area contributed by atoms with Crippen LogP contribution in [-0.2, 0) is 9.59 Å². The highest BCUT2D eigenvalue weighted by Crippen LogP contribution is 2.31. The summed E-state index contributed by atoms with van der Waals surface area (Å²) in [5.74, 6) is -2.27. The molecule has 0 atom stereocenters. The summed E-state index contributed by atoms with van der Waals surface area (Å²) >= 11 is 11.5. The zero-order chi connectivity index (χ0) is 17.4. The van der Waals surface area contributed by atoms with Crippen LogP contribution in [0.2, 0.25) is 10.0 Å². The molecule has 2 aromatic carbocycles. The number of ketones is 2. The molecule has 2 aromatic rings. The summed E-state index contributed by atoms with van der Waals surface area (Å²) in [4.78, 5) is 43.9. The first kappa shape index (κ1) is 16.2. The maximum absolute atomic E-state index is 11.1. The van der Waals surface area contributed by atoms with Crippen LogP contribution in [0.15, 0.2) is 36.4 Å². The van der Waals surface area contributed by atoms with Gasteiger partial charge in [0.2, 0.25) is 0 Å². The van der Waals surface area contributed by atoms with Crippen molar-refractivity contribution in [2.75, 3.05) is 10.6 Å². The van der Waals surface area contributed by atoms with Gasteiger partial charge in [0, 0.05) is 0 Å². The lowest BCUT2D eigenvalue weighted by Gasteiger charge is -1.97. The van der Waals surface area contributed by atoms with Gasteiger partial charge < -0.3 is 10.6 Å². The van der Waals surface area contributed by atoms with Crippen molar-refractivity contribution in [2.24, 2.45) is 0 Å². The second-order valence-electron chi connectivity index (χ2n) is 4.89. The van der Waals surface area contributed by atoms with Crippen molar-refractivity contribution in [1.29, 1.82) is 0 Å². The summed E-state index contributed by atoms with van der Waals surface area (Å²) < 4.78 is 0. The third-order valence-electron chi connectivity index (χ3n) is 3.41. The van der Waals surface area contributed by atoms with E-state index in [0.29, 0.717) is 32.5 Å². The molecule has 0 aliphatic carbocycles. The average molecular weight is 363 g/mol. The van der Waals surface area contributed by atoms with E-state index in [1.165, 1.54) is 0 Å². The molecule has 4 rings (SSSR count). The second-order valence-corrected chi connectivity index (χ2v) is 5.71. The van der Waals surface area contributed by atoms with Gasteiger partial charge in [-0.15, -0.1) is 0 Å². The Kier molecular flexibility index (Phi) is 4.09. The van der Waals surface area contributed by atoms with Gasteiger partial charge in [0.25, 0.3) is 23.4 Å². The number of carbonyl (C=O) groups excluding carboxylic acids is 4. The first-order valence-electron chi connectivity index (χ1n) is 6.68. The molecule has 0 spiro atoms. The van der Waals surface area contributed by atoms with Crippen LogP contribution in [0.4, 0.5) is 11.4 Å². The van der Waals surface area contributed by atoms with Gasteiger partial charge in [-0.2, -0.15) is 0 Å². The molecule has 2 amide bonds. The van der Waals surface area contributed by atoms with Gasteiger partial charge in [0.1, 0.15) is 0 Å². The fourth-order valence-corrected chi connectivity index (χ4v) is 2.71. The Bertz CT molecular complexity index is 849. The van der Waals surface area contributed by atoms with E-state index < -0.39 is 23.4 Å². The number of halogens is 2. The smallest absolute Gasteiger partial charge is 0.296 e. The van der Waals surface area contributed by atoms with Crippen molar-refractivity contribution < 1.29 is 19.2 Å². The van der Waals surface area contributed by atoms with Crippen molar-refractivity contribution in [3.63, 3.8) is 0 Å². The molecular weight excluding hydrogens is 355 g/mol. The van der Waals surface area contributed by atoms with Crippen LogP contribution < -0.4 is 10.6 Å². The quantitative estimate of drug-likeness (QED) is 0.704. The monoisotopic (exact) mass is 362 g/mol. The van der Waals surface area contributed by atoms with Gasteiger partial charge in [-0.3, -0.25) is 19.2 Å². The number of para-hydroxylation sites is 2. The Hall–Kier alpha value is -2.70. The Morgan fingerprint density at radius 3 is 1.33 bits per heavy atom. The normalized spacial score (nSPS) is 14.4. The fourth-order valence-electron chi connectivity index (χ4n) is 2.27. The van der Waals surface area contributed by atoms with E-state index in [4.69, 9.17) is 23.2 Å². The molecule has 24 heavy (non-hydrogen) atoms. The lowest BCUT2D eigenvalue weighted by Crippen LogP contribution is -2.12. The van der Waals surface area contributed by atoms with Crippen molar-refractivity contribution in [2.45, 2.75) is 0 Å². The number of hydrogen-bond acceptors (Lipinski definition) is 4. The molecule has 0 saturated carbocycles. The van der Waals surface area contributed by atoms with Gasteiger partial charge in [-0.25, -0.2) is 0 Å². The van der Waals surface area contributed by atoms with Crippen LogP contribution >= 0.6 is 23.2 Å². The minimum Gasteiger partial charge on any atom is -0.317 e. The number of Topliss-reactive ketones (excluding diaryl/α,β-unsaturated/α-hetero) is 2. The van der Waals surface area contributed by atoms with Crippen LogP contribution in [0, 0.1) is 0 Å². The summed E-state index contributed by atoms with van der Waals surface area (Å²) in [7, 11) is 0. The SMILES string of the molecule is O=C1Nc2c(Cl)cccc2C1=O.O=C1Nc2c(Cl)cccc2C1=O. The summed E-state index contributed by atoms with van der Waals surface area (Å²) in [5.41, 5.74) is 1.56. The van der Waals surface area contributed by atoms with Crippen LogP contribution in [-0.4, -0.2) is 23.4 Å². The average Bonchev–Trinajstić information content (AvgIpc) is 3.01. The molecule has 2 aliphatic heterocycles. The minimum atomic E-state index is -0.613. The molecular formula is C16H8Cl2N2O4. The minimum absolute atomic E-state index is 0.354. The number of rotatable bonds is 0. The summed E-state index contributed by atoms with van der Waals surface area (Å²) in [6.07, 6.45) is 0. The summed E-state index contributed by atoms with van der Waals surface area (Å²) in [6.45, 7) is 0. The highest BCUT2D eigenvalue weighted by atomic mass is 35.5. The number of carbonyl (C=O) groups is 4. The number of fused-ring (bicyclic) bond motifs is 2. The van der Waals surface area contributed by atoms with E-state index in [2.05, 4.69) is 10.6 Å². The molecule has 0 saturated heterocycles. The maximum atomic E-state index is 11.1. The van der Waals surface area contributed by atoms with E-state index in [9.17, 15) is 19.2 Å². The Balaban J connectivity index is 0.000000141. The molecule has 6 nitrogen and oxygen atoms in total. The fraction of sp³-hybridized carbons (Fsp3) is 0. The number of benzene rings is 2. The summed E-state index contributed by atoms with van der Waals surface area (Å²) in [5, 5.41) is 5.58. The zero-order valence-corrected chi connectivity index (χ0v) is 13.4. The summed E-state index contributed by atoms with van der Waals surface area (Å²) in [6, 6.07) is 9.67. The topological polar surface area (TPSA) is 92.3 Å². The van der Waals surface area contributed by atoms with Crippen molar-refractivity contribution in [1.82, 2.24) is 0 Å². The van der Waals surface area contributed by atoms with Crippen molar-refractivity contribution >= 4 is 58.0 Å². The van der Waals surface area contributed by atoms with E-state index >= 15 is 0 Å². The first-order valence-corrected chi connectivity index (χ1v) is 7.44. The second kappa shape index (κ2) is 6.07. The van der Waals surface area contributed by atoms with E-state index in [-0.39, 0.29) is 0 Å². The number of anilines is 2. The molecule has 2 heterocycles. The third-order valence-corrected chi connectivity index (χ3v) is 4.04. The largest absolute Gasteiger partial charge is 0.317 e. The predicted octanol–water partition coefficient (Wildman–Crippen LogP) is 2.95. The van der Waals surface area contributed by atoms with Gasteiger partial charge in [-0.05, 0) is 24.3 Å². The first-order chi connectivity index (χ1) is 11.4. The maximum Gasteiger partial charge on any atom is 0.296 e. The molecule has 0 aromatic heterocycles. The van der Waals surface area contributed by atoms with Crippen LogP contribution in [0.5, 0.6) is 0 Å². The Labute approximate surface area is 145 Å². The molecule has 0 radical (unpaired) electrons. The standard InChI is InChI=1S/2C8H4ClNO2/c2*9-5-3-1-2-4-6(5)10-8(12)7(4)11/h2*1-3H,(H,10,11,12). The molecule has 120 valence electrons. The number of nitrogens with one attached hydrogen (secondary N) is 2. The Morgan fingerprint density at radius 2 is 1.00 bits per heavy atom. The molecule has 0 fully saturated rings. The van der Waals surface area contributed by atoms with Gasteiger partial charge in [0.05, 0.1) is 32.5 Å². The lowest BCUT2D eigenvalue weighted by atomic mass is 10.1. The lowest BCUT2D eigenvalue weighted by molar-refractivity contribution is -0.112. The van der Waals surface area contributed by atoms with Gasteiger partial charge in [-0.1, -0.05) is 35.3 Å². The predicted molar refractivity (Wildman–Crippen MR) is 88.8 cm³/mol. The van der Waals surface area contributed by atoms with E-state index in [0.717, 1.165) is 0 Å². The molecule has 8 heteroatoms. The van der Waals surface area contributed by atoms with Crippen LogP contribution in [0.3, 0.4) is 0 Å². The number of hydrogen-bond donors (Lipinski definition) is 2. The highest BCUT2D eigenvalue weighted by molar-refractivity contribution is 6.54. The van der Waals surface area contributed by atoms with Crippen LogP contribution in [0.25, 0.3) is 0 Å². The van der Waals surface area contributed by atoms with Crippen molar-refractivity contribution in [3.8, 4) is 0 Å². The molecule has 2 N–H and O–H groups in total. The van der Waals surface area contributed by atoms with E-state index in [1.54, 1.807) is 36.4 Å². The molecule has 0 unspecified atom stereocenters. The number of amides is 2. The third kappa shape index (κ3) is 2.66. The van der Waals surface area contributed by atoms with E-state index in [1.807, 2.05) is 0 Å². The zero-order valence-electron chi connectivity index (χ0n) is 11.9. The molecule has 2 aliphatic rings.